The summed E-state index contributed by atoms with van der Waals surface area (Å²) in [5, 5.41) is 23.2. The van der Waals surface area contributed by atoms with Gasteiger partial charge in [-0.15, -0.1) is 23.2 Å². The van der Waals surface area contributed by atoms with Crippen LogP contribution in [0.15, 0.2) is 12.2 Å². The minimum absolute atomic E-state index is 0.00469. The highest BCUT2D eigenvalue weighted by Gasteiger charge is 2.60. The van der Waals surface area contributed by atoms with Crippen molar-refractivity contribution in [2.45, 2.75) is 69.4 Å². The Kier molecular flexibility index (Phi) is 5.48. The molecule has 0 bridgehead atoms. The average molecular weight is 418 g/mol. The Bertz CT molecular complexity index is 666. The largest absolute Gasteiger partial charge is 0.392 e. The Labute approximate surface area is 170 Å². The summed E-state index contributed by atoms with van der Waals surface area (Å²) >= 11 is 13.3. The summed E-state index contributed by atoms with van der Waals surface area (Å²) in [7, 11) is 0. The van der Waals surface area contributed by atoms with Crippen LogP contribution < -0.4 is 5.32 Å². The Morgan fingerprint density at radius 2 is 1.93 bits per heavy atom. The van der Waals surface area contributed by atoms with Gasteiger partial charge in [-0.3, -0.25) is 14.9 Å². The molecule has 1 heterocycles. The van der Waals surface area contributed by atoms with Gasteiger partial charge in [-0.1, -0.05) is 27.4 Å². The van der Waals surface area contributed by atoms with Crippen LogP contribution in [-0.2, 0) is 9.59 Å². The van der Waals surface area contributed by atoms with Gasteiger partial charge in [0.25, 0.3) is 0 Å². The standard InChI is InChI=1S/C20H29Cl2NO4/c1-9-11(6-14(25)10-5-16(26)23-18(10)27)20(4)8-12(21)17(22)19(2,3)15(20)7-13(9)24/h10-15,17,24-25H,1,5-8H2,2-4H3,(H,23,26,27)/t10?,11?,12-,13+,14?,15+,17+,20-/m1/s1. The molecule has 27 heavy (non-hydrogen) atoms. The number of hydrogen-bond donors (Lipinski definition) is 3. The zero-order valence-corrected chi connectivity index (χ0v) is 17.6. The van der Waals surface area contributed by atoms with Crippen molar-refractivity contribution in [2.75, 3.05) is 0 Å². The molecule has 5 nitrogen and oxygen atoms in total. The summed E-state index contributed by atoms with van der Waals surface area (Å²) < 4.78 is 0. The maximum absolute atomic E-state index is 12.0. The molecule has 3 N–H and O–H groups in total. The van der Waals surface area contributed by atoms with Gasteiger partial charge in [-0.05, 0) is 47.5 Å². The number of hydrogen-bond acceptors (Lipinski definition) is 4. The highest BCUT2D eigenvalue weighted by molar-refractivity contribution is 6.30. The van der Waals surface area contributed by atoms with Crippen LogP contribution in [0.2, 0.25) is 0 Å². The Morgan fingerprint density at radius 3 is 2.48 bits per heavy atom. The average Bonchev–Trinajstić information content (AvgIpc) is 2.91. The number of aliphatic hydroxyl groups is 2. The minimum atomic E-state index is -0.980. The highest BCUT2D eigenvalue weighted by Crippen LogP contribution is 2.63. The summed E-state index contributed by atoms with van der Waals surface area (Å²) in [4.78, 5) is 23.5. The first-order valence-corrected chi connectivity index (χ1v) is 10.4. The Balaban J connectivity index is 1.91. The first kappa shape index (κ1) is 21.1. The number of carbonyl (C=O) groups excluding carboxylic acids is 2. The topological polar surface area (TPSA) is 86.6 Å². The molecule has 1 saturated heterocycles. The fourth-order valence-corrected chi connectivity index (χ4v) is 6.77. The molecule has 152 valence electrons. The lowest BCUT2D eigenvalue weighted by Crippen LogP contribution is -2.59. The molecule has 1 aliphatic heterocycles. The summed E-state index contributed by atoms with van der Waals surface area (Å²) in [6.07, 6.45) is -0.197. The van der Waals surface area contributed by atoms with Crippen LogP contribution in [0.1, 0.15) is 46.5 Å². The number of alkyl halides is 2. The van der Waals surface area contributed by atoms with E-state index < -0.39 is 24.0 Å². The molecule has 0 aromatic carbocycles. The van der Waals surface area contributed by atoms with E-state index in [0.717, 1.165) is 0 Å². The maximum atomic E-state index is 12.0. The van der Waals surface area contributed by atoms with Gasteiger partial charge < -0.3 is 10.2 Å². The maximum Gasteiger partial charge on any atom is 0.232 e. The van der Waals surface area contributed by atoms with Crippen molar-refractivity contribution in [3.8, 4) is 0 Å². The van der Waals surface area contributed by atoms with E-state index in [1.807, 2.05) is 0 Å². The number of fused-ring (bicyclic) bond motifs is 1. The quantitative estimate of drug-likeness (QED) is 0.374. The van der Waals surface area contributed by atoms with E-state index in [9.17, 15) is 19.8 Å². The molecular formula is C20H29Cl2NO4. The van der Waals surface area contributed by atoms with Crippen molar-refractivity contribution in [3.05, 3.63) is 12.2 Å². The first-order chi connectivity index (χ1) is 12.4. The van der Waals surface area contributed by atoms with Crippen molar-refractivity contribution in [3.63, 3.8) is 0 Å². The molecule has 3 unspecified atom stereocenters. The van der Waals surface area contributed by atoms with E-state index in [-0.39, 0.29) is 52.2 Å². The molecule has 3 aliphatic rings. The number of halogens is 2. The molecule has 0 radical (unpaired) electrons. The van der Waals surface area contributed by atoms with Gasteiger partial charge >= 0.3 is 0 Å². The van der Waals surface area contributed by atoms with Gasteiger partial charge in [0.2, 0.25) is 11.8 Å². The molecule has 2 amide bonds. The molecule has 3 fully saturated rings. The van der Waals surface area contributed by atoms with Crippen LogP contribution >= 0.6 is 23.2 Å². The van der Waals surface area contributed by atoms with Crippen LogP contribution in [0.3, 0.4) is 0 Å². The van der Waals surface area contributed by atoms with E-state index in [1.165, 1.54) is 0 Å². The van der Waals surface area contributed by atoms with E-state index >= 15 is 0 Å². The zero-order chi connectivity index (χ0) is 20.3. The lowest BCUT2D eigenvalue weighted by atomic mass is 9.46. The number of imide groups is 1. The highest BCUT2D eigenvalue weighted by atomic mass is 35.5. The minimum Gasteiger partial charge on any atom is -0.392 e. The molecular weight excluding hydrogens is 389 g/mol. The number of nitrogens with one attached hydrogen (secondary N) is 1. The van der Waals surface area contributed by atoms with Crippen LogP contribution in [0.25, 0.3) is 0 Å². The number of rotatable bonds is 3. The third kappa shape index (κ3) is 3.35. The number of aliphatic hydroxyl groups excluding tert-OH is 2. The second kappa shape index (κ2) is 7.01. The van der Waals surface area contributed by atoms with Gasteiger partial charge in [-0.25, -0.2) is 0 Å². The van der Waals surface area contributed by atoms with Crippen LogP contribution in [-0.4, -0.2) is 45.0 Å². The van der Waals surface area contributed by atoms with E-state index in [0.29, 0.717) is 18.4 Å². The molecule has 2 saturated carbocycles. The van der Waals surface area contributed by atoms with E-state index in [1.54, 1.807) is 0 Å². The molecule has 2 aliphatic carbocycles. The van der Waals surface area contributed by atoms with Gasteiger partial charge in [-0.2, -0.15) is 0 Å². The van der Waals surface area contributed by atoms with Gasteiger partial charge in [0.05, 0.1) is 28.9 Å². The van der Waals surface area contributed by atoms with E-state index in [2.05, 4.69) is 32.7 Å². The summed E-state index contributed by atoms with van der Waals surface area (Å²) in [6.45, 7) is 10.4. The fourth-order valence-electron chi connectivity index (χ4n) is 5.87. The van der Waals surface area contributed by atoms with Crippen molar-refractivity contribution in [2.24, 2.45) is 28.6 Å². The van der Waals surface area contributed by atoms with Crippen molar-refractivity contribution >= 4 is 35.0 Å². The van der Waals surface area contributed by atoms with Gasteiger partial charge in [0.15, 0.2) is 0 Å². The predicted octanol–water partition coefficient (Wildman–Crippen LogP) is 2.60. The Hall–Kier alpha value is -0.620. The summed E-state index contributed by atoms with van der Waals surface area (Å²) in [5.41, 5.74) is 0.0646. The smallest absolute Gasteiger partial charge is 0.232 e. The Morgan fingerprint density at radius 1 is 1.30 bits per heavy atom. The predicted molar refractivity (Wildman–Crippen MR) is 104 cm³/mol. The molecule has 0 aromatic heterocycles. The van der Waals surface area contributed by atoms with Crippen molar-refractivity contribution in [1.82, 2.24) is 5.32 Å². The summed E-state index contributed by atoms with van der Waals surface area (Å²) in [5.74, 6) is -1.67. The lowest BCUT2D eigenvalue weighted by molar-refractivity contribution is -0.128. The second-order valence-electron chi connectivity index (χ2n) is 9.41. The first-order valence-electron chi connectivity index (χ1n) is 9.56. The fraction of sp³-hybridized carbons (Fsp3) is 0.800. The van der Waals surface area contributed by atoms with Crippen LogP contribution in [0.5, 0.6) is 0 Å². The summed E-state index contributed by atoms with van der Waals surface area (Å²) in [6, 6.07) is 0. The second-order valence-corrected chi connectivity index (χ2v) is 10.4. The van der Waals surface area contributed by atoms with E-state index in [4.69, 9.17) is 23.2 Å². The van der Waals surface area contributed by atoms with Gasteiger partial charge in [0.1, 0.15) is 0 Å². The molecule has 3 rings (SSSR count). The number of carbonyl (C=O) groups is 2. The zero-order valence-electron chi connectivity index (χ0n) is 16.0. The van der Waals surface area contributed by atoms with Crippen molar-refractivity contribution in [1.29, 1.82) is 0 Å². The normalized spacial score (nSPS) is 45.4. The monoisotopic (exact) mass is 417 g/mol. The third-order valence-corrected chi connectivity index (χ3v) is 8.84. The molecule has 7 heteroatoms. The number of amides is 2. The van der Waals surface area contributed by atoms with Gasteiger partial charge in [0, 0.05) is 6.42 Å². The van der Waals surface area contributed by atoms with Crippen LogP contribution in [0.4, 0.5) is 0 Å². The lowest BCUT2D eigenvalue weighted by Gasteiger charge is -2.61. The third-order valence-electron chi connectivity index (χ3n) is 7.43. The molecule has 8 atom stereocenters. The van der Waals surface area contributed by atoms with Crippen molar-refractivity contribution < 1.29 is 19.8 Å². The molecule has 0 spiro atoms. The van der Waals surface area contributed by atoms with Crippen LogP contribution in [0, 0.1) is 28.6 Å². The SMILES string of the molecule is C=C1C(CC(O)C2CC(=O)NC2=O)[C@@]2(C)C[C@@H](Cl)[C@H](Cl)C(C)(C)[C@@H]2C[C@@H]1O. The molecule has 0 aromatic rings.